The Balaban J connectivity index is 1.47. The molecule has 4 aromatic rings. The molecule has 0 saturated carbocycles. The lowest BCUT2D eigenvalue weighted by Crippen LogP contribution is -2.26. The highest BCUT2D eigenvalue weighted by molar-refractivity contribution is 6.15. The smallest absolute Gasteiger partial charge is 0.257 e. The van der Waals surface area contributed by atoms with Gasteiger partial charge in [-0.3, -0.25) is 14.6 Å². The van der Waals surface area contributed by atoms with E-state index in [-0.39, 0.29) is 11.8 Å². The lowest BCUT2D eigenvalue weighted by molar-refractivity contribution is -0.119. The summed E-state index contributed by atoms with van der Waals surface area (Å²) in [5, 5.41) is 9.82. The van der Waals surface area contributed by atoms with Gasteiger partial charge in [0.25, 0.3) is 5.91 Å². The zero-order valence-electron chi connectivity index (χ0n) is 19.5. The lowest BCUT2D eigenvalue weighted by atomic mass is 9.85. The number of nitrogens with zero attached hydrogens (tertiary/aromatic N) is 2. The molecule has 0 spiro atoms. The van der Waals surface area contributed by atoms with Crippen LogP contribution in [0.4, 0.5) is 17.2 Å². The van der Waals surface area contributed by atoms with Crippen molar-refractivity contribution in [2.75, 3.05) is 23.0 Å². The normalized spacial score (nSPS) is 13.9. The second kappa shape index (κ2) is 7.95. The molecular formula is C27H25N5O2. The Morgan fingerprint density at radius 1 is 1.03 bits per heavy atom. The molecule has 0 saturated heterocycles. The fraction of sp³-hybridized carbons (Fsp3) is 0.185. The highest BCUT2D eigenvalue weighted by atomic mass is 16.2. The Morgan fingerprint density at radius 2 is 1.85 bits per heavy atom. The largest absolute Gasteiger partial charge is 0.373 e. The molecule has 2 aromatic carbocycles. The van der Waals surface area contributed by atoms with E-state index in [1.807, 2.05) is 76.5 Å². The molecule has 0 bridgehead atoms. The van der Waals surface area contributed by atoms with E-state index in [9.17, 15) is 9.59 Å². The van der Waals surface area contributed by atoms with E-state index in [1.54, 1.807) is 12.3 Å². The van der Waals surface area contributed by atoms with Crippen molar-refractivity contribution in [3.63, 3.8) is 0 Å². The van der Waals surface area contributed by atoms with Crippen LogP contribution in [0, 0.1) is 6.92 Å². The minimum Gasteiger partial charge on any atom is -0.373 e. The summed E-state index contributed by atoms with van der Waals surface area (Å²) >= 11 is 0. The molecule has 7 heteroatoms. The SMILES string of the molecule is CNc1cc2ncc(-c3cc(NC(=O)c4cccc5c4NC(=O)C5(C)C)ccc3C)cc2cn1. The first-order valence-electron chi connectivity index (χ1n) is 11.1. The number of carbonyl (C=O) groups excluding carboxylic acids is 2. The zero-order chi connectivity index (χ0) is 24.0. The van der Waals surface area contributed by atoms with E-state index in [4.69, 9.17) is 0 Å². The van der Waals surface area contributed by atoms with Crippen LogP contribution < -0.4 is 16.0 Å². The first-order chi connectivity index (χ1) is 16.3. The number of fused-ring (bicyclic) bond motifs is 2. The molecule has 3 N–H and O–H groups in total. The monoisotopic (exact) mass is 451 g/mol. The van der Waals surface area contributed by atoms with Crippen molar-refractivity contribution in [3.05, 3.63) is 77.6 Å². The molecular weight excluding hydrogens is 426 g/mol. The predicted octanol–water partition coefficient (Wildman–Crippen LogP) is 5.13. The summed E-state index contributed by atoms with van der Waals surface area (Å²) in [5.41, 5.74) is 5.66. The third-order valence-electron chi connectivity index (χ3n) is 6.42. The van der Waals surface area contributed by atoms with Gasteiger partial charge in [-0.25, -0.2) is 4.98 Å². The van der Waals surface area contributed by atoms with Crippen LogP contribution in [0.25, 0.3) is 22.0 Å². The molecule has 1 aliphatic heterocycles. The van der Waals surface area contributed by atoms with Crippen LogP contribution in [0.2, 0.25) is 0 Å². The average molecular weight is 452 g/mol. The lowest BCUT2D eigenvalue weighted by Gasteiger charge is -2.15. The number of aromatic nitrogens is 2. The van der Waals surface area contributed by atoms with Gasteiger partial charge in [-0.1, -0.05) is 18.2 Å². The van der Waals surface area contributed by atoms with Crippen molar-refractivity contribution >= 4 is 39.9 Å². The Morgan fingerprint density at radius 3 is 2.65 bits per heavy atom. The van der Waals surface area contributed by atoms with E-state index < -0.39 is 5.41 Å². The molecule has 0 unspecified atom stereocenters. The summed E-state index contributed by atoms with van der Waals surface area (Å²) in [5.74, 6) is 0.381. The number of carbonyl (C=O) groups is 2. The van der Waals surface area contributed by atoms with E-state index in [0.717, 1.165) is 39.0 Å². The quantitative estimate of drug-likeness (QED) is 0.400. The maximum absolute atomic E-state index is 13.2. The molecule has 0 atom stereocenters. The van der Waals surface area contributed by atoms with E-state index in [2.05, 4.69) is 25.9 Å². The molecule has 1 aliphatic rings. The van der Waals surface area contributed by atoms with Gasteiger partial charge in [0.05, 0.1) is 22.2 Å². The molecule has 34 heavy (non-hydrogen) atoms. The number of amides is 2. The van der Waals surface area contributed by atoms with Crippen molar-refractivity contribution in [1.82, 2.24) is 9.97 Å². The van der Waals surface area contributed by atoms with Crippen LogP contribution in [0.1, 0.15) is 35.3 Å². The fourth-order valence-corrected chi connectivity index (χ4v) is 4.30. The van der Waals surface area contributed by atoms with Crippen molar-refractivity contribution in [1.29, 1.82) is 0 Å². The Kier molecular flexibility index (Phi) is 5.05. The summed E-state index contributed by atoms with van der Waals surface area (Å²) < 4.78 is 0. The maximum atomic E-state index is 13.2. The van der Waals surface area contributed by atoms with Crippen LogP contribution in [-0.4, -0.2) is 28.8 Å². The number of rotatable bonds is 4. The topological polar surface area (TPSA) is 96.0 Å². The van der Waals surface area contributed by atoms with Gasteiger partial charge in [-0.15, -0.1) is 0 Å². The second-order valence-electron chi connectivity index (χ2n) is 9.03. The van der Waals surface area contributed by atoms with E-state index in [1.165, 1.54) is 0 Å². The van der Waals surface area contributed by atoms with Crippen molar-refractivity contribution in [2.24, 2.45) is 0 Å². The molecule has 170 valence electrons. The Labute approximate surface area is 197 Å². The Bertz CT molecular complexity index is 1480. The summed E-state index contributed by atoms with van der Waals surface area (Å²) in [6.07, 6.45) is 3.63. The molecule has 7 nitrogen and oxygen atoms in total. The first-order valence-corrected chi connectivity index (χ1v) is 11.1. The van der Waals surface area contributed by atoms with Crippen LogP contribution in [0.5, 0.6) is 0 Å². The van der Waals surface area contributed by atoms with Gasteiger partial charge in [0.15, 0.2) is 0 Å². The molecule has 2 aromatic heterocycles. The highest BCUT2D eigenvalue weighted by Gasteiger charge is 2.40. The predicted molar refractivity (Wildman–Crippen MR) is 135 cm³/mol. The van der Waals surface area contributed by atoms with Crippen LogP contribution in [-0.2, 0) is 10.2 Å². The standard InChI is InChI=1S/C27H25N5O2/c1-15-8-9-18(11-20(15)16-10-17-14-30-23(28-4)12-22(17)29-13-16)31-25(33)19-6-5-7-21-24(19)32-26(34)27(21,2)3/h5-14H,1-4H3,(H,28,30)(H,31,33)(H,32,34). The number of nitrogens with one attached hydrogen (secondary N) is 3. The number of anilines is 3. The molecule has 5 rings (SSSR count). The molecule has 0 radical (unpaired) electrons. The van der Waals surface area contributed by atoms with Crippen molar-refractivity contribution < 1.29 is 9.59 Å². The molecule has 2 amide bonds. The summed E-state index contributed by atoms with van der Waals surface area (Å²) in [6, 6.07) is 15.2. The third-order valence-corrected chi connectivity index (χ3v) is 6.42. The number of pyridine rings is 2. The number of benzene rings is 2. The summed E-state index contributed by atoms with van der Waals surface area (Å²) in [6.45, 7) is 5.73. The minimum absolute atomic E-state index is 0.111. The van der Waals surface area contributed by atoms with E-state index >= 15 is 0 Å². The van der Waals surface area contributed by atoms with Gasteiger partial charge in [0, 0.05) is 42.1 Å². The van der Waals surface area contributed by atoms with Crippen LogP contribution in [0.3, 0.4) is 0 Å². The number of para-hydroxylation sites is 1. The van der Waals surface area contributed by atoms with Gasteiger partial charge >= 0.3 is 0 Å². The van der Waals surface area contributed by atoms with Gasteiger partial charge in [0.1, 0.15) is 5.82 Å². The van der Waals surface area contributed by atoms with Gasteiger partial charge in [0.2, 0.25) is 5.91 Å². The highest BCUT2D eigenvalue weighted by Crippen LogP contribution is 2.39. The summed E-state index contributed by atoms with van der Waals surface area (Å²) in [4.78, 5) is 34.5. The van der Waals surface area contributed by atoms with Crippen molar-refractivity contribution in [2.45, 2.75) is 26.2 Å². The average Bonchev–Trinajstić information content (AvgIpc) is 3.07. The molecule has 3 heterocycles. The van der Waals surface area contributed by atoms with Gasteiger partial charge in [-0.05, 0) is 61.7 Å². The fourth-order valence-electron chi connectivity index (χ4n) is 4.30. The van der Waals surface area contributed by atoms with Gasteiger partial charge in [-0.2, -0.15) is 0 Å². The summed E-state index contributed by atoms with van der Waals surface area (Å²) in [7, 11) is 1.82. The maximum Gasteiger partial charge on any atom is 0.257 e. The molecule has 0 fully saturated rings. The van der Waals surface area contributed by atoms with Crippen molar-refractivity contribution in [3.8, 4) is 11.1 Å². The minimum atomic E-state index is -0.672. The number of aryl methyl sites for hydroxylation is 1. The third kappa shape index (κ3) is 3.55. The van der Waals surface area contributed by atoms with Crippen LogP contribution >= 0.6 is 0 Å². The zero-order valence-corrected chi connectivity index (χ0v) is 19.5. The Hall–Kier alpha value is -4.26. The van der Waals surface area contributed by atoms with Gasteiger partial charge < -0.3 is 16.0 Å². The first kappa shape index (κ1) is 21.6. The van der Waals surface area contributed by atoms with Crippen LogP contribution in [0.15, 0.2) is 60.9 Å². The number of hydrogen-bond acceptors (Lipinski definition) is 5. The number of hydrogen-bond donors (Lipinski definition) is 3. The van der Waals surface area contributed by atoms with E-state index in [0.29, 0.717) is 16.9 Å². The molecule has 0 aliphatic carbocycles. The second-order valence-corrected chi connectivity index (χ2v) is 9.03.